The summed E-state index contributed by atoms with van der Waals surface area (Å²) >= 11 is 0. The summed E-state index contributed by atoms with van der Waals surface area (Å²) < 4.78 is 18.9. The van der Waals surface area contributed by atoms with Gasteiger partial charge in [-0.05, 0) is 32.4 Å². The normalized spacial score (nSPS) is 14.7. The smallest absolute Gasteiger partial charge is 0.132 e. The number of aliphatic hydroxyl groups is 1. The molecule has 1 rings (SSSR count). The van der Waals surface area contributed by atoms with E-state index in [1.807, 2.05) is 13.8 Å². The minimum absolute atomic E-state index is 0.0711. The van der Waals surface area contributed by atoms with Crippen molar-refractivity contribution in [3.8, 4) is 5.75 Å². The SMILES string of the molecule is CCC(C)Oc1ccc(C(C)O)c(F)c1. The van der Waals surface area contributed by atoms with Gasteiger partial charge in [0.25, 0.3) is 0 Å². The van der Waals surface area contributed by atoms with Gasteiger partial charge in [0, 0.05) is 11.6 Å². The fourth-order valence-electron chi connectivity index (χ4n) is 1.24. The van der Waals surface area contributed by atoms with Crippen LogP contribution in [0.25, 0.3) is 0 Å². The van der Waals surface area contributed by atoms with Gasteiger partial charge in [-0.1, -0.05) is 6.92 Å². The Morgan fingerprint density at radius 1 is 1.40 bits per heavy atom. The van der Waals surface area contributed by atoms with Gasteiger partial charge in [-0.25, -0.2) is 4.39 Å². The van der Waals surface area contributed by atoms with E-state index in [4.69, 9.17) is 4.74 Å². The van der Waals surface area contributed by atoms with E-state index in [2.05, 4.69) is 0 Å². The van der Waals surface area contributed by atoms with Crippen molar-refractivity contribution in [1.29, 1.82) is 0 Å². The number of ether oxygens (including phenoxy) is 1. The van der Waals surface area contributed by atoms with E-state index in [0.29, 0.717) is 11.3 Å². The molecule has 3 heteroatoms. The van der Waals surface area contributed by atoms with Gasteiger partial charge in [0.2, 0.25) is 0 Å². The lowest BCUT2D eigenvalue weighted by molar-refractivity contribution is 0.192. The summed E-state index contributed by atoms with van der Waals surface area (Å²) in [7, 11) is 0. The second-order valence-corrected chi connectivity index (χ2v) is 3.70. The molecule has 0 amide bonds. The molecule has 0 spiro atoms. The maximum Gasteiger partial charge on any atom is 0.132 e. The van der Waals surface area contributed by atoms with Crippen LogP contribution in [0.5, 0.6) is 5.75 Å². The third-order valence-corrected chi connectivity index (χ3v) is 2.33. The second kappa shape index (κ2) is 5.12. The highest BCUT2D eigenvalue weighted by Crippen LogP contribution is 2.22. The molecule has 15 heavy (non-hydrogen) atoms. The fourth-order valence-corrected chi connectivity index (χ4v) is 1.24. The topological polar surface area (TPSA) is 29.5 Å². The van der Waals surface area contributed by atoms with E-state index in [1.54, 1.807) is 12.1 Å². The van der Waals surface area contributed by atoms with Crippen molar-refractivity contribution in [2.45, 2.75) is 39.4 Å². The predicted molar refractivity (Wildman–Crippen MR) is 57.4 cm³/mol. The van der Waals surface area contributed by atoms with Crippen LogP contribution < -0.4 is 4.74 Å². The van der Waals surface area contributed by atoms with Crippen LogP contribution in [0.15, 0.2) is 18.2 Å². The van der Waals surface area contributed by atoms with Crippen molar-refractivity contribution in [3.05, 3.63) is 29.6 Å². The van der Waals surface area contributed by atoms with Crippen molar-refractivity contribution in [3.63, 3.8) is 0 Å². The molecule has 84 valence electrons. The molecule has 0 aliphatic carbocycles. The Morgan fingerprint density at radius 3 is 2.53 bits per heavy atom. The van der Waals surface area contributed by atoms with Gasteiger partial charge in [0.1, 0.15) is 11.6 Å². The molecule has 0 aromatic heterocycles. The van der Waals surface area contributed by atoms with Gasteiger partial charge in [-0.3, -0.25) is 0 Å². The molecular formula is C12H17FO2. The van der Waals surface area contributed by atoms with Crippen molar-refractivity contribution in [1.82, 2.24) is 0 Å². The van der Waals surface area contributed by atoms with E-state index in [9.17, 15) is 9.50 Å². The molecule has 0 saturated carbocycles. The number of benzene rings is 1. The zero-order valence-electron chi connectivity index (χ0n) is 9.33. The number of hydrogen-bond acceptors (Lipinski definition) is 2. The largest absolute Gasteiger partial charge is 0.491 e. The fraction of sp³-hybridized carbons (Fsp3) is 0.500. The van der Waals surface area contributed by atoms with Crippen molar-refractivity contribution >= 4 is 0 Å². The van der Waals surface area contributed by atoms with E-state index in [0.717, 1.165) is 6.42 Å². The highest BCUT2D eigenvalue weighted by molar-refractivity contribution is 5.30. The highest BCUT2D eigenvalue weighted by atomic mass is 19.1. The molecule has 0 saturated heterocycles. The van der Waals surface area contributed by atoms with Crippen LogP contribution in [0.4, 0.5) is 4.39 Å². The molecule has 0 heterocycles. The summed E-state index contributed by atoms with van der Waals surface area (Å²) in [6.07, 6.45) is 0.157. The number of halogens is 1. The van der Waals surface area contributed by atoms with Crippen molar-refractivity contribution in [2.24, 2.45) is 0 Å². The Labute approximate surface area is 89.7 Å². The van der Waals surface area contributed by atoms with E-state index >= 15 is 0 Å². The molecule has 1 aromatic carbocycles. The van der Waals surface area contributed by atoms with E-state index in [-0.39, 0.29) is 6.10 Å². The van der Waals surface area contributed by atoms with E-state index in [1.165, 1.54) is 13.0 Å². The summed E-state index contributed by atoms with van der Waals surface area (Å²) in [5, 5.41) is 9.24. The van der Waals surface area contributed by atoms with Crippen LogP contribution in [-0.4, -0.2) is 11.2 Å². The average molecular weight is 212 g/mol. The van der Waals surface area contributed by atoms with Crippen LogP contribution >= 0.6 is 0 Å². The van der Waals surface area contributed by atoms with E-state index < -0.39 is 11.9 Å². The Bertz CT molecular complexity index is 323. The molecule has 2 nitrogen and oxygen atoms in total. The standard InChI is InChI=1S/C12H17FO2/c1-4-8(2)15-10-5-6-11(9(3)14)12(13)7-10/h5-9,14H,4H2,1-3H3. The van der Waals surface area contributed by atoms with Gasteiger partial charge in [-0.15, -0.1) is 0 Å². The van der Waals surface area contributed by atoms with Gasteiger partial charge in [0.05, 0.1) is 12.2 Å². The Balaban J connectivity index is 2.82. The van der Waals surface area contributed by atoms with Gasteiger partial charge < -0.3 is 9.84 Å². The summed E-state index contributed by atoms with van der Waals surface area (Å²) in [6.45, 7) is 5.47. The third-order valence-electron chi connectivity index (χ3n) is 2.33. The van der Waals surface area contributed by atoms with Crippen LogP contribution in [0.2, 0.25) is 0 Å². The first kappa shape index (κ1) is 12.0. The lowest BCUT2D eigenvalue weighted by Gasteiger charge is -2.14. The molecule has 0 radical (unpaired) electrons. The second-order valence-electron chi connectivity index (χ2n) is 3.70. The molecule has 1 N–H and O–H groups in total. The zero-order valence-corrected chi connectivity index (χ0v) is 9.33. The monoisotopic (exact) mass is 212 g/mol. The first-order chi connectivity index (χ1) is 7.04. The molecular weight excluding hydrogens is 195 g/mol. The van der Waals surface area contributed by atoms with Crippen LogP contribution in [0.3, 0.4) is 0 Å². The summed E-state index contributed by atoms with van der Waals surface area (Å²) in [5.74, 6) is 0.0806. The summed E-state index contributed by atoms with van der Waals surface area (Å²) in [6, 6.07) is 4.54. The summed E-state index contributed by atoms with van der Waals surface area (Å²) in [4.78, 5) is 0. The number of hydrogen-bond donors (Lipinski definition) is 1. The van der Waals surface area contributed by atoms with Gasteiger partial charge in [-0.2, -0.15) is 0 Å². The number of aliphatic hydroxyl groups excluding tert-OH is 1. The molecule has 0 aliphatic rings. The maximum atomic E-state index is 13.4. The first-order valence-corrected chi connectivity index (χ1v) is 5.18. The van der Waals surface area contributed by atoms with Gasteiger partial charge in [0.15, 0.2) is 0 Å². The lowest BCUT2D eigenvalue weighted by Crippen LogP contribution is -2.10. The highest BCUT2D eigenvalue weighted by Gasteiger charge is 2.09. The molecule has 2 unspecified atom stereocenters. The maximum absolute atomic E-state index is 13.4. The minimum atomic E-state index is -0.789. The zero-order chi connectivity index (χ0) is 11.4. The number of rotatable bonds is 4. The Hall–Kier alpha value is -1.09. The molecule has 1 aromatic rings. The predicted octanol–water partition coefficient (Wildman–Crippen LogP) is 3.06. The molecule has 0 aliphatic heterocycles. The minimum Gasteiger partial charge on any atom is -0.491 e. The average Bonchev–Trinajstić information content (AvgIpc) is 2.17. The molecule has 0 fully saturated rings. The Kier molecular flexibility index (Phi) is 4.09. The third kappa shape index (κ3) is 3.20. The van der Waals surface area contributed by atoms with Gasteiger partial charge >= 0.3 is 0 Å². The van der Waals surface area contributed by atoms with Crippen molar-refractivity contribution < 1.29 is 14.2 Å². The Morgan fingerprint density at radius 2 is 2.07 bits per heavy atom. The quantitative estimate of drug-likeness (QED) is 0.831. The molecule has 0 bridgehead atoms. The molecule has 2 atom stereocenters. The van der Waals surface area contributed by atoms with Crippen LogP contribution in [-0.2, 0) is 0 Å². The first-order valence-electron chi connectivity index (χ1n) is 5.18. The summed E-state index contributed by atoms with van der Waals surface area (Å²) in [5.41, 5.74) is 0.298. The van der Waals surface area contributed by atoms with Crippen molar-refractivity contribution in [2.75, 3.05) is 0 Å². The lowest BCUT2D eigenvalue weighted by atomic mass is 10.1. The van der Waals surface area contributed by atoms with Crippen LogP contribution in [0, 0.1) is 5.82 Å². The van der Waals surface area contributed by atoms with Crippen LogP contribution in [0.1, 0.15) is 38.9 Å².